The number of H-pyrrole nitrogens is 1. The van der Waals surface area contributed by atoms with E-state index >= 15 is 0 Å². The number of carbonyl (C=O) groups excluding carboxylic acids is 2. The second-order valence-corrected chi connectivity index (χ2v) is 6.95. The molecule has 3 rings (SSSR count). The number of fused-ring (bicyclic) bond motifs is 1. The summed E-state index contributed by atoms with van der Waals surface area (Å²) in [5.74, 6) is -3.79. The van der Waals surface area contributed by atoms with Gasteiger partial charge in [0.2, 0.25) is 0 Å². The molecule has 3 N–H and O–H groups in total. The molecular weight excluding hydrogens is 432 g/mol. The number of benzene rings is 1. The van der Waals surface area contributed by atoms with Gasteiger partial charge >= 0.3 is 0 Å². The SMILES string of the molecule is O=C(Cn1c(SC(F)F)nc2ccccc21)NNC(=O)c1cc(Br)c[nH]1. The lowest BCUT2D eigenvalue weighted by atomic mass is 10.3. The molecule has 2 amide bonds. The average molecular weight is 444 g/mol. The van der Waals surface area contributed by atoms with Gasteiger partial charge in [-0.2, -0.15) is 8.78 Å². The molecule has 0 radical (unpaired) electrons. The lowest BCUT2D eigenvalue weighted by molar-refractivity contribution is -0.122. The third-order valence-corrected chi connectivity index (χ3v) is 4.48. The van der Waals surface area contributed by atoms with Crippen molar-refractivity contribution in [3.63, 3.8) is 0 Å². The number of thioether (sulfide) groups is 1. The second kappa shape index (κ2) is 7.87. The number of aromatic nitrogens is 3. The van der Waals surface area contributed by atoms with Crippen LogP contribution >= 0.6 is 27.7 Å². The fraction of sp³-hybridized carbons (Fsp3) is 0.133. The van der Waals surface area contributed by atoms with E-state index in [0.717, 1.165) is 0 Å². The molecule has 11 heteroatoms. The number of imidazole rings is 1. The number of para-hydroxylation sites is 2. The third kappa shape index (κ3) is 4.22. The summed E-state index contributed by atoms with van der Waals surface area (Å²) in [6.45, 7) is -0.274. The summed E-state index contributed by atoms with van der Waals surface area (Å²) in [6.07, 6.45) is 1.57. The van der Waals surface area contributed by atoms with E-state index in [0.29, 0.717) is 15.5 Å². The molecule has 2 aromatic heterocycles. The molecule has 0 saturated heterocycles. The summed E-state index contributed by atoms with van der Waals surface area (Å²) in [7, 11) is 0. The average Bonchev–Trinajstić information content (AvgIpc) is 3.17. The summed E-state index contributed by atoms with van der Waals surface area (Å²) in [4.78, 5) is 30.9. The lowest BCUT2D eigenvalue weighted by Gasteiger charge is -2.10. The van der Waals surface area contributed by atoms with Crippen LogP contribution in [-0.2, 0) is 11.3 Å². The first-order chi connectivity index (χ1) is 12.4. The number of carbonyl (C=O) groups is 2. The van der Waals surface area contributed by atoms with Crippen molar-refractivity contribution in [2.75, 3.05) is 0 Å². The molecule has 1 aromatic carbocycles. The van der Waals surface area contributed by atoms with Crippen LogP contribution in [0.3, 0.4) is 0 Å². The number of hydrazine groups is 1. The molecule has 0 spiro atoms. The predicted octanol–water partition coefficient (Wildman–Crippen LogP) is 2.90. The number of hydrogen-bond acceptors (Lipinski definition) is 4. The van der Waals surface area contributed by atoms with Gasteiger partial charge in [-0.3, -0.25) is 20.4 Å². The molecule has 0 aliphatic carbocycles. The van der Waals surface area contributed by atoms with Crippen molar-refractivity contribution in [1.82, 2.24) is 25.4 Å². The number of halogens is 3. The molecule has 3 aromatic rings. The van der Waals surface area contributed by atoms with Crippen molar-refractivity contribution >= 4 is 50.5 Å². The van der Waals surface area contributed by atoms with Crippen LogP contribution < -0.4 is 10.9 Å². The molecule has 0 bridgehead atoms. The summed E-state index contributed by atoms with van der Waals surface area (Å²) >= 11 is 3.46. The van der Waals surface area contributed by atoms with E-state index in [1.54, 1.807) is 36.5 Å². The van der Waals surface area contributed by atoms with E-state index in [-0.39, 0.29) is 29.2 Å². The van der Waals surface area contributed by atoms with Gasteiger partial charge in [-0.05, 0) is 45.9 Å². The van der Waals surface area contributed by atoms with Gasteiger partial charge in [0.1, 0.15) is 12.2 Å². The van der Waals surface area contributed by atoms with Gasteiger partial charge < -0.3 is 9.55 Å². The summed E-state index contributed by atoms with van der Waals surface area (Å²) < 4.78 is 27.6. The van der Waals surface area contributed by atoms with Gasteiger partial charge in [0.05, 0.1) is 11.0 Å². The molecular formula is C15H12BrF2N5O2S. The van der Waals surface area contributed by atoms with Gasteiger partial charge in [-0.15, -0.1) is 0 Å². The van der Waals surface area contributed by atoms with Crippen LogP contribution in [0.25, 0.3) is 11.0 Å². The number of rotatable bonds is 5. The first kappa shape index (κ1) is 18.4. The molecule has 0 aliphatic heterocycles. The fourth-order valence-corrected chi connectivity index (χ4v) is 3.20. The highest BCUT2D eigenvalue weighted by atomic mass is 79.9. The Hall–Kier alpha value is -2.40. The van der Waals surface area contributed by atoms with Crippen molar-refractivity contribution in [2.24, 2.45) is 0 Å². The van der Waals surface area contributed by atoms with Crippen LogP contribution in [0.1, 0.15) is 10.5 Å². The van der Waals surface area contributed by atoms with Crippen LogP contribution in [0.5, 0.6) is 0 Å². The Labute approximate surface area is 158 Å². The number of amides is 2. The van der Waals surface area contributed by atoms with Crippen LogP contribution in [-0.4, -0.2) is 32.1 Å². The van der Waals surface area contributed by atoms with Crippen LogP contribution in [0.15, 0.2) is 46.2 Å². The number of nitrogens with zero attached hydrogens (tertiary/aromatic N) is 2. The van der Waals surface area contributed by atoms with Crippen molar-refractivity contribution in [2.45, 2.75) is 17.5 Å². The van der Waals surface area contributed by atoms with Crippen LogP contribution in [0, 0.1) is 0 Å². The monoisotopic (exact) mass is 443 g/mol. The van der Waals surface area contributed by atoms with Crippen molar-refractivity contribution in [3.05, 3.63) is 46.7 Å². The zero-order valence-corrected chi connectivity index (χ0v) is 15.4. The predicted molar refractivity (Wildman–Crippen MR) is 95.7 cm³/mol. The zero-order chi connectivity index (χ0) is 18.7. The number of nitrogens with one attached hydrogen (secondary N) is 3. The van der Waals surface area contributed by atoms with Gasteiger partial charge in [-0.25, -0.2) is 4.98 Å². The molecule has 2 heterocycles. The Bertz CT molecular complexity index is 959. The van der Waals surface area contributed by atoms with Crippen molar-refractivity contribution < 1.29 is 18.4 Å². The van der Waals surface area contributed by atoms with Crippen LogP contribution in [0.2, 0.25) is 0 Å². The van der Waals surface area contributed by atoms with E-state index in [4.69, 9.17) is 0 Å². The molecule has 26 heavy (non-hydrogen) atoms. The minimum Gasteiger partial charge on any atom is -0.356 e. The van der Waals surface area contributed by atoms with E-state index in [2.05, 4.69) is 36.7 Å². The summed E-state index contributed by atoms with van der Waals surface area (Å²) in [5.41, 5.74) is 5.81. The Kier molecular flexibility index (Phi) is 5.57. The lowest BCUT2D eigenvalue weighted by Crippen LogP contribution is -2.43. The standard InChI is InChI=1S/C15H12BrF2N5O2S/c16-8-5-10(19-6-8)13(25)22-21-12(24)7-23-11-4-2-1-3-9(11)20-15(23)26-14(17)18/h1-6,14,19H,7H2,(H,21,24)(H,22,25). The number of hydrogen-bond donors (Lipinski definition) is 3. The van der Waals surface area contributed by atoms with Crippen molar-refractivity contribution in [3.8, 4) is 0 Å². The van der Waals surface area contributed by atoms with E-state index < -0.39 is 17.6 Å². The minimum absolute atomic E-state index is 0.0241. The smallest absolute Gasteiger partial charge is 0.291 e. The molecule has 0 fully saturated rings. The van der Waals surface area contributed by atoms with Gasteiger partial charge in [0.15, 0.2) is 5.16 Å². The third-order valence-electron chi connectivity index (χ3n) is 3.32. The Morgan fingerprint density at radius 1 is 1.31 bits per heavy atom. The zero-order valence-electron chi connectivity index (χ0n) is 13.0. The van der Waals surface area contributed by atoms with Crippen LogP contribution in [0.4, 0.5) is 8.78 Å². The van der Waals surface area contributed by atoms with E-state index in [9.17, 15) is 18.4 Å². The largest absolute Gasteiger partial charge is 0.356 e. The first-order valence-electron chi connectivity index (χ1n) is 7.27. The maximum atomic E-state index is 12.8. The van der Waals surface area contributed by atoms with Gasteiger partial charge in [0, 0.05) is 10.7 Å². The maximum absolute atomic E-state index is 12.8. The highest BCUT2D eigenvalue weighted by Crippen LogP contribution is 2.28. The maximum Gasteiger partial charge on any atom is 0.291 e. The Balaban J connectivity index is 1.71. The Morgan fingerprint density at radius 3 is 2.77 bits per heavy atom. The summed E-state index contributed by atoms with van der Waals surface area (Å²) in [6, 6.07) is 8.35. The quantitative estimate of drug-likeness (QED) is 0.417. The highest BCUT2D eigenvalue weighted by Gasteiger charge is 2.18. The number of alkyl halides is 2. The topological polar surface area (TPSA) is 91.8 Å². The molecule has 0 aliphatic rings. The first-order valence-corrected chi connectivity index (χ1v) is 8.94. The Morgan fingerprint density at radius 2 is 2.08 bits per heavy atom. The van der Waals surface area contributed by atoms with Gasteiger partial charge in [0.25, 0.3) is 17.6 Å². The van der Waals surface area contributed by atoms with E-state index in [1.807, 2.05) is 0 Å². The second-order valence-electron chi connectivity index (χ2n) is 5.08. The molecule has 0 saturated carbocycles. The minimum atomic E-state index is -2.67. The number of aromatic amines is 1. The highest BCUT2D eigenvalue weighted by molar-refractivity contribution is 9.10. The molecule has 0 unspecified atom stereocenters. The van der Waals surface area contributed by atoms with Gasteiger partial charge in [-0.1, -0.05) is 12.1 Å². The molecule has 7 nitrogen and oxygen atoms in total. The summed E-state index contributed by atoms with van der Waals surface area (Å²) in [5, 5.41) is 0.0241. The fourth-order valence-electron chi connectivity index (χ4n) is 2.25. The van der Waals surface area contributed by atoms with E-state index in [1.165, 1.54) is 4.57 Å². The van der Waals surface area contributed by atoms with Crippen molar-refractivity contribution in [1.29, 1.82) is 0 Å². The molecule has 0 atom stereocenters. The normalized spacial score (nSPS) is 11.1. The molecule has 136 valence electrons.